The molecule has 2 N–H and O–H groups in total. The third kappa shape index (κ3) is 3.91. The van der Waals surface area contributed by atoms with Gasteiger partial charge in [0, 0.05) is 30.9 Å². The fourth-order valence-corrected chi connectivity index (χ4v) is 2.08. The van der Waals surface area contributed by atoms with Crippen molar-refractivity contribution in [2.45, 2.75) is 20.3 Å². The molecule has 0 aliphatic rings. The first-order chi connectivity index (χ1) is 7.27. The molecule has 0 saturated carbocycles. The summed E-state index contributed by atoms with van der Waals surface area (Å²) in [6.07, 6.45) is 0.986. The van der Waals surface area contributed by atoms with Gasteiger partial charge in [0.1, 0.15) is 0 Å². The number of nitrogens with two attached hydrogens (primary N) is 1. The third-order valence-electron chi connectivity index (χ3n) is 2.30. The molecule has 0 spiro atoms. The Bertz CT molecular complexity index is 289. The highest BCUT2D eigenvalue weighted by Gasteiger charge is 2.01. The van der Waals surface area contributed by atoms with E-state index in [9.17, 15) is 0 Å². The zero-order chi connectivity index (χ0) is 11.1. The van der Waals surface area contributed by atoms with Crippen molar-refractivity contribution in [2.75, 3.05) is 19.6 Å². The van der Waals surface area contributed by atoms with Crippen LogP contribution < -0.4 is 5.73 Å². The molecule has 0 saturated heterocycles. The Morgan fingerprint density at radius 2 is 2.20 bits per heavy atom. The molecule has 84 valence electrons. The quantitative estimate of drug-likeness (QED) is 0.614. The summed E-state index contributed by atoms with van der Waals surface area (Å²) >= 11 is 1.77. The summed E-state index contributed by atoms with van der Waals surface area (Å²) in [6.45, 7) is 6.80. The fraction of sp³-hybridized carbons (Fsp3) is 0.545. The Morgan fingerprint density at radius 3 is 2.73 bits per heavy atom. The molecule has 0 fully saturated rings. The fourth-order valence-electron chi connectivity index (χ4n) is 1.38. The van der Waals surface area contributed by atoms with E-state index in [1.807, 2.05) is 0 Å². The summed E-state index contributed by atoms with van der Waals surface area (Å²) < 4.78 is 0. The minimum absolute atomic E-state index is 0.663. The van der Waals surface area contributed by atoms with E-state index < -0.39 is 0 Å². The highest BCUT2D eigenvalue weighted by Crippen LogP contribution is 2.08. The van der Waals surface area contributed by atoms with Gasteiger partial charge in [-0.1, -0.05) is 6.07 Å². The lowest BCUT2D eigenvalue weighted by molar-refractivity contribution is 0.458. The summed E-state index contributed by atoms with van der Waals surface area (Å²) in [5, 5.41) is 2.09. The smallest absolute Gasteiger partial charge is 0.191 e. The Kier molecular flexibility index (Phi) is 5.18. The zero-order valence-electron chi connectivity index (χ0n) is 9.44. The van der Waals surface area contributed by atoms with Crippen LogP contribution in [0.4, 0.5) is 0 Å². The topological polar surface area (TPSA) is 41.6 Å². The van der Waals surface area contributed by atoms with Crippen LogP contribution in [0.3, 0.4) is 0 Å². The summed E-state index contributed by atoms with van der Waals surface area (Å²) in [5.41, 5.74) is 5.86. The van der Waals surface area contributed by atoms with Crippen LogP contribution in [0.2, 0.25) is 0 Å². The maximum atomic E-state index is 5.86. The van der Waals surface area contributed by atoms with Crippen LogP contribution >= 0.6 is 11.3 Å². The third-order valence-corrected chi connectivity index (χ3v) is 3.24. The molecular weight excluding hydrogens is 206 g/mol. The lowest BCUT2D eigenvalue weighted by atomic mass is 10.3. The molecule has 1 aromatic heterocycles. The Morgan fingerprint density at radius 1 is 1.47 bits per heavy atom. The molecule has 1 aromatic rings. The maximum absolute atomic E-state index is 5.86. The van der Waals surface area contributed by atoms with E-state index in [1.165, 1.54) is 4.88 Å². The van der Waals surface area contributed by atoms with Crippen molar-refractivity contribution in [2.24, 2.45) is 10.7 Å². The van der Waals surface area contributed by atoms with E-state index in [0.717, 1.165) is 26.1 Å². The second kappa shape index (κ2) is 6.45. The van der Waals surface area contributed by atoms with Gasteiger partial charge in [-0.25, -0.2) is 0 Å². The molecule has 0 amide bonds. The van der Waals surface area contributed by atoms with Gasteiger partial charge in [-0.2, -0.15) is 0 Å². The van der Waals surface area contributed by atoms with E-state index in [4.69, 9.17) is 5.73 Å². The highest BCUT2D eigenvalue weighted by molar-refractivity contribution is 7.09. The van der Waals surface area contributed by atoms with Gasteiger partial charge in [-0.05, 0) is 25.3 Å². The van der Waals surface area contributed by atoms with Crippen molar-refractivity contribution in [1.29, 1.82) is 0 Å². The van der Waals surface area contributed by atoms with Gasteiger partial charge in [-0.3, -0.25) is 4.99 Å². The van der Waals surface area contributed by atoms with Crippen molar-refractivity contribution >= 4 is 17.3 Å². The molecular formula is C11H19N3S. The monoisotopic (exact) mass is 225 g/mol. The molecule has 0 aliphatic carbocycles. The van der Waals surface area contributed by atoms with E-state index in [1.54, 1.807) is 11.3 Å². The van der Waals surface area contributed by atoms with Crippen LogP contribution in [-0.2, 0) is 6.42 Å². The predicted octanol–water partition coefficient (Wildman–Crippen LogP) is 1.95. The Hall–Kier alpha value is -1.03. The first-order valence-electron chi connectivity index (χ1n) is 5.35. The van der Waals surface area contributed by atoms with Crippen LogP contribution in [0, 0.1) is 0 Å². The van der Waals surface area contributed by atoms with Crippen LogP contribution in [0.1, 0.15) is 18.7 Å². The van der Waals surface area contributed by atoms with Gasteiger partial charge in [0.25, 0.3) is 0 Å². The molecule has 15 heavy (non-hydrogen) atoms. The maximum Gasteiger partial charge on any atom is 0.191 e. The predicted molar refractivity (Wildman–Crippen MR) is 67.4 cm³/mol. The number of hydrogen-bond donors (Lipinski definition) is 1. The molecule has 0 radical (unpaired) electrons. The molecule has 0 unspecified atom stereocenters. The minimum atomic E-state index is 0.663. The van der Waals surface area contributed by atoms with Crippen LogP contribution in [0.5, 0.6) is 0 Å². The average molecular weight is 225 g/mol. The number of aliphatic imine (C=N–C) groups is 1. The van der Waals surface area contributed by atoms with E-state index >= 15 is 0 Å². The number of rotatable bonds is 5. The van der Waals surface area contributed by atoms with Crippen molar-refractivity contribution in [1.82, 2.24) is 4.90 Å². The molecule has 0 aromatic carbocycles. The molecule has 1 heterocycles. The van der Waals surface area contributed by atoms with Crippen LogP contribution in [0.15, 0.2) is 22.5 Å². The van der Waals surface area contributed by atoms with Crippen molar-refractivity contribution in [3.05, 3.63) is 22.4 Å². The first-order valence-corrected chi connectivity index (χ1v) is 6.23. The largest absolute Gasteiger partial charge is 0.370 e. The highest BCUT2D eigenvalue weighted by atomic mass is 32.1. The van der Waals surface area contributed by atoms with Gasteiger partial charge in [0.2, 0.25) is 0 Å². The number of hydrogen-bond acceptors (Lipinski definition) is 2. The van der Waals surface area contributed by atoms with Gasteiger partial charge < -0.3 is 10.6 Å². The van der Waals surface area contributed by atoms with E-state index in [-0.39, 0.29) is 0 Å². The zero-order valence-corrected chi connectivity index (χ0v) is 10.3. The molecule has 4 heteroatoms. The van der Waals surface area contributed by atoms with Gasteiger partial charge in [0.05, 0.1) is 0 Å². The van der Waals surface area contributed by atoms with Crippen LogP contribution in [-0.4, -0.2) is 30.5 Å². The molecule has 0 atom stereocenters. The van der Waals surface area contributed by atoms with E-state index in [0.29, 0.717) is 5.96 Å². The van der Waals surface area contributed by atoms with Crippen molar-refractivity contribution in [3.8, 4) is 0 Å². The van der Waals surface area contributed by atoms with Gasteiger partial charge >= 0.3 is 0 Å². The molecule has 0 bridgehead atoms. The van der Waals surface area contributed by atoms with Gasteiger partial charge in [-0.15, -0.1) is 11.3 Å². The second-order valence-corrected chi connectivity index (χ2v) is 4.27. The van der Waals surface area contributed by atoms with Crippen LogP contribution in [0.25, 0.3) is 0 Å². The second-order valence-electron chi connectivity index (χ2n) is 3.24. The minimum Gasteiger partial charge on any atom is -0.370 e. The molecule has 3 nitrogen and oxygen atoms in total. The number of guanidine groups is 1. The average Bonchev–Trinajstić information content (AvgIpc) is 2.72. The summed E-state index contributed by atoms with van der Waals surface area (Å²) in [5.74, 6) is 0.663. The standard InChI is InChI=1S/C11H19N3S/c1-3-14(4-2)11(12)13-8-7-10-6-5-9-15-10/h5-6,9H,3-4,7-8H2,1-2H3,(H2,12,13). The normalized spacial score (nSPS) is 11.7. The van der Waals surface area contributed by atoms with Crippen molar-refractivity contribution in [3.63, 3.8) is 0 Å². The molecule has 1 rings (SSSR count). The number of thiophene rings is 1. The SMILES string of the molecule is CCN(CC)C(N)=NCCc1cccs1. The van der Waals surface area contributed by atoms with Crippen molar-refractivity contribution < 1.29 is 0 Å². The number of nitrogens with zero attached hydrogens (tertiary/aromatic N) is 2. The summed E-state index contributed by atoms with van der Waals surface area (Å²) in [4.78, 5) is 7.80. The summed E-state index contributed by atoms with van der Waals surface area (Å²) in [6, 6.07) is 4.20. The van der Waals surface area contributed by atoms with Gasteiger partial charge in [0.15, 0.2) is 5.96 Å². The Labute approximate surface area is 95.6 Å². The lowest BCUT2D eigenvalue weighted by Crippen LogP contribution is -2.37. The molecule has 0 aliphatic heterocycles. The van der Waals surface area contributed by atoms with E-state index in [2.05, 4.69) is 41.3 Å². The summed E-state index contributed by atoms with van der Waals surface area (Å²) in [7, 11) is 0. The Balaban J connectivity index is 2.36. The first kappa shape index (κ1) is 12.0. The lowest BCUT2D eigenvalue weighted by Gasteiger charge is -2.19.